The van der Waals surface area contributed by atoms with Crippen molar-refractivity contribution in [1.29, 1.82) is 0 Å². The highest BCUT2D eigenvalue weighted by Gasteiger charge is 2.21. The van der Waals surface area contributed by atoms with Crippen LogP contribution in [0.25, 0.3) is 0 Å². The number of anilines is 1. The third-order valence-electron chi connectivity index (χ3n) is 2.69. The normalized spacial score (nSPS) is 13.0. The lowest BCUT2D eigenvalue weighted by Crippen LogP contribution is -2.11. The van der Waals surface area contributed by atoms with E-state index in [0.29, 0.717) is 11.3 Å². The van der Waals surface area contributed by atoms with Crippen LogP contribution in [0.4, 0.5) is 5.69 Å². The first-order valence-corrected chi connectivity index (χ1v) is 5.39. The molecular formula is C13H9NO4. The van der Waals surface area contributed by atoms with E-state index in [2.05, 4.69) is 5.32 Å². The van der Waals surface area contributed by atoms with Crippen molar-refractivity contribution < 1.29 is 18.7 Å². The number of hydrogen-bond donors (Lipinski definition) is 1. The summed E-state index contributed by atoms with van der Waals surface area (Å²) in [6.07, 6.45) is 1.43. The molecule has 1 aliphatic rings. The lowest BCUT2D eigenvalue weighted by atomic mass is 10.1. The van der Waals surface area contributed by atoms with E-state index in [4.69, 9.17) is 9.15 Å². The molecule has 0 fully saturated rings. The monoisotopic (exact) mass is 243 g/mol. The van der Waals surface area contributed by atoms with Gasteiger partial charge in [0.15, 0.2) is 5.76 Å². The second kappa shape index (κ2) is 4.03. The quantitative estimate of drug-likeness (QED) is 0.821. The van der Waals surface area contributed by atoms with Crippen molar-refractivity contribution >= 4 is 17.6 Å². The molecule has 1 aromatic heterocycles. The Morgan fingerprint density at radius 2 is 2.17 bits per heavy atom. The molecule has 90 valence electrons. The van der Waals surface area contributed by atoms with Crippen molar-refractivity contribution in [3.8, 4) is 0 Å². The number of ether oxygens (including phenoxy) is 1. The van der Waals surface area contributed by atoms with Crippen LogP contribution >= 0.6 is 0 Å². The summed E-state index contributed by atoms with van der Waals surface area (Å²) in [5, 5.41) is 2.69. The number of fused-ring (bicyclic) bond motifs is 1. The van der Waals surface area contributed by atoms with Gasteiger partial charge in [-0.2, -0.15) is 0 Å². The second-order valence-corrected chi connectivity index (χ2v) is 3.88. The molecule has 0 saturated heterocycles. The Kier molecular flexibility index (Phi) is 2.37. The van der Waals surface area contributed by atoms with Gasteiger partial charge in [-0.1, -0.05) is 0 Å². The van der Waals surface area contributed by atoms with E-state index < -0.39 is 0 Å². The minimum absolute atomic E-state index is 0.239. The number of esters is 1. The van der Waals surface area contributed by atoms with Crippen LogP contribution in [0.15, 0.2) is 41.0 Å². The Hall–Kier alpha value is -2.56. The van der Waals surface area contributed by atoms with E-state index in [1.165, 1.54) is 6.26 Å². The first-order valence-electron chi connectivity index (χ1n) is 5.39. The topological polar surface area (TPSA) is 68.5 Å². The highest BCUT2D eigenvalue weighted by Crippen LogP contribution is 2.23. The molecule has 0 atom stereocenters. The minimum Gasteiger partial charge on any atom is -0.459 e. The zero-order chi connectivity index (χ0) is 12.5. The molecule has 1 amide bonds. The van der Waals surface area contributed by atoms with Gasteiger partial charge in [-0.15, -0.1) is 0 Å². The molecule has 2 aromatic rings. The van der Waals surface area contributed by atoms with Crippen LogP contribution < -0.4 is 5.32 Å². The molecule has 3 rings (SSSR count). The maximum atomic E-state index is 11.7. The largest absolute Gasteiger partial charge is 0.459 e. The average molecular weight is 243 g/mol. The van der Waals surface area contributed by atoms with Gasteiger partial charge in [0.1, 0.15) is 6.61 Å². The summed E-state index contributed by atoms with van der Waals surface area (Å²) in [6.45, 7) is 0.249. The number of amides is 1. The molecule has 0 radical (unpaired) electrons. The Labute approximate surface area is 102 Å². The molecule has 5 heteroatoms. The Bertz CT molecular complexity index is 616. The van der Waals surface area contributed by atoms with Gasteiger partial charge in [0.25, 0.3) is 5.91 Å². The lowest BCUT2D eigenvalue weighted by Gasteiger charge is -2.04. The molecule has 5 nitrogen and oxygen atoms in total. The van der Waals surface area contributed by atoms with Gasteiger partial charge in [0.2, 0.25) is 0 Å². The Balaban J connectivity index is 1.82. The number of benzene rings is 1. The lowest BCUT2D eigenvalue weighted by molar-refractivity contribution is 0.0535. The van der Waals surface area contributed by atoms with E-state index in [9.17, 15) is 9.59 Å². The van der Waals surface area contributed by atoms with Crippen molar-refractivity contribution in [1.82, 2.24) is 0 Å². The maximum absolute atomic E-state index is 11.7. The van der Waals surface area contributed by atoms with Gasteiger partial charge >= 0.3 is 5.97 Å². The van der Waals surface area contributed by atoms with E-state index >= 15 is 0 Å². The van der Waals surface area contributed by atoms with Gasteiger partial charge in [-0.3, -0.25) is 4.79 Å². The van der Waals surface area contributed by atoms with E-state index in [0.717, 1.165) is 5.56 Å². The fourth-order valence-corrected chi connectivity index (χ4v) is 1.81. The van der Waals surface area contributed by atoms with E-state index in [1.807, 2.05) is 0 Å². The summed E-state index contributed by atoms with van der Waals surface area (Å²) in [5.74, 6) is -0.415. The molecule has 1 N–H and O–H groups in total. The smallest absolute Gasteiger partial charge is 0.338 e. The van der Waals surface area contributed by atoms with Crippen molar-refractivity contribution in [3.05, 3.63) is 53.5 Å². The molecule has 0 bridgehead atoms. The summed E-state index contributed by atoms with van der Waals surface area (Å²) >= 11 is 0. The van der Waals surface area contributed by atoms with Crippen LogP contribution in [-0.2, 0) is 11.3 Å². The van der Waals surface area contributed by atoms with Gasteiger partial charge in [-0.25, -0.2) is 4.79 Å². The molecule has 2 heterocycles. The predicted octanol–water partition coefficient (Wildman–Crippen LogP) is 2.20. The van der Waals surface area contributed by atoms with Crippen molar-refractivity contribution in [2.45, 2.75) is 6.61 Å². The van der Waals surface area contributed by atoms with Crippen LogP contribution in [0, 0.1) is 0 Å². The molecule has 0 unspecified atom stereocenters. The highest BCUT2D eigenvalue weighted by atomic mass is 16.5. The Morgan fingerprint density at radius 1 is 1.28 bits per heavy atom. The first kappa shape index (κ1) is 10.6. The van der Waals surface area contributed by atoms with Crippen molar-refractivity contribution in [2.24, 2.45) is 0 Å². The Morgan fingerprint density at radius 3 is 2.94 bits per heavy atom. The summed E-state index contributed by atoms with van der Waals surface area (Å²) in [4.78, 5) is 23.0. The van der Waals surface area contributed by atoms with Crippen LogP contribution in [0.1, 0.15) is 26.5 Å². The number of furan rings is 1. The third-order valence-corrected chi connectivity index (χ3v) is 2.69. The summed E-state index contributed by atoms with van der Waals surface area (Å²) in [6, 6.07) is 8.25. The first-order chi connectivity index (χ1) is 8.74. The fourth-order valence-electron chi connectivity index (χ4n) is 1.81. The molecular weight excluding hydrogens is 234 g/mol. The number of rotatable bonds is 2. The molecule has 1 aromatic carbocycles. The number of cyclic esters (lactones) is 1. The standard InChI is InChI=1S/C13H9NO4/c15-12(11-2-1-5-17-11)14-9-3-4-10-8(6-9)7-18-13(10)16/h1-6H,7H2,(H,14,15). The van der Waals surface area contributed by atoms with E-state index in [-0.39, 0.29) is 24.2 Å². The second-order valence-electron chi connectivity index (χ2n) is 3.88. The molecule has 0 spiro atoms. The molecule has 0 aliphatic carbocycles. The minimum atomic E-state index is -0.329. The molecule has 0 saturated carbocycles. The van der Waals surface area contributed by atoms with Crippen LogP contribution in [0.3, 0.4) is 0 Å². The van der Waals surface area contributed by atoms with Gasteiger partial charge in [0, 0.05) is 11.3 Å². The van der Waals surface area contributed by atoms with Crippen molar-refractivity contribution in [3.63, 3.8) is 0 Å². The zero-order valence-electron chi connectivity index (χ0n) is 9.30. The fraction of sp³-hybridized carbons (Fsp3) is 0.0769. The zero-order valence-corrected chi connectivity index (χ0v) is 9.30. The van der Waals surface area contributed by atoms with Gasteiger partial charge < -0.3 is 14.5 Å². The number of hydrogen-bond acceptors (Lipinski definition) is 4. The molecule has 1 aliphatic heterocycles. The maximum Gasteiger partial charge on any atom is 0.338 e. The molecule has 18 heavy (non-hydrogen) atoms. The van der Waals surface area contributed by atoms with E-state index in [1.54, 1.807) is 30.3 Å². The average Bonchev–Trinajstić information content (AvgIpc) is 2.99. The predicted molar refractivity (Wildman–Crippen MR) is 62.2 cm³/mol. The summed E-state index contributed by atoms with van der Waals surface area (Å²) in [5.41, 5.74) is 1.93. The van der Waals surface area contributed by atoms with Gasteiger partial charge in [-0.05, 0) is 30.3 Å². The third kappa shape index (κ3) is 1.75. The highest BCUT2D eigenvalue weighted by molar-refractivity contribution is 6.02. The van der Waals surface area contributed by atoms with Gasteiger partial charge in [0.05, 0.1) is 11.8 Å². The summed E-state index contributed by atoms with van der Waals surface area (Å²) in [7, 11) is 0. The number of carbonyl (C=O) groups is 2. The van der Waals surface area contributed by atoms with Crippen LogP contribution in [0.5, 0.6) is 0 Å². The SMILES string of the molecule is O=C(Nc1ccc2c(c1)COC2=O)c1ccco1. The van der Waals surface area contributed by atoms with Crippen LogP contribution in [0.2, 0.25) is 0 Å². The summed E-state index contributed by atoms with van der Waals surface area (Å²) < 4.78 is 9.87. The number of carbonyl (C=O) groups excluding carboxylic acids is 2. The number of nitrogens with one attached hydrogen (secondary N) is 1. The van der Waals surface area contributed by atoms with Crippen molar-refractivity contribution in [2.75, 3.05) is 5.32 Å². The van der Waals surface area contributed by atoms with Crippen LogP contribution in [-0.4, -0.2) is 11.9 Å².